The van der Waals surface area contributed by atoms with Crippen LogP contribution in [0, 0.1) is 6.92 Å². The van der Waals surface area contributed by atoms with Gasteiger partial charge in [-0.15, -0.1) is 0 Å². The van der Waals surface area contributed by atoms with Gasteiger partial charge in [-0.1, -0.05) is 29.8 Å². The van der Waals surface area contributed by atoms with Crippen LogP contribution in [0.2, 0.25) is 5.02 Å². The van der Waals surface area contributed by atoms with Crippen LogP contribution in [0.25, 0.3) is 0 Å². The first-order valence-electron chi connectivity index (χ1n) is 7.48. The summed E-state index contributed by atoms with van der Waals surface area (Å²) in [4.78, 5) is 0. The molecule has 0 spiro atoms. The van der Waals surface area contributed by atoms with Crippen LogP contribution >= 0.6 is 11.6 Å². The highest BCUT2D eigenvalue weighted by Crippen LogP contribution is 2.21. The summed E-state index contributed by atoms with van der Waals surface area (Å²) < 4.78 is 10.9. The molecule has 0 fully saturated rings. The first-order valence-corrected chi connectivity index (χ1v) is 7.86. The van der Waals surface area contributed by atoms with Crippen LogP contribution in [-0.4, -0.2) is 19.8 Å². The molecule has 0 amide bonds. The Morgan fingerprint density at radius 2 is 1.95 bits per heavy atom. The van der Waals surface area contributed by atoms with E-state index in [9.17, 15) is 0 Å². The number of anilines is 1. The quantitative estimate of drug-likeness (QED) is 0.717. The Kier molecular flexibility index (Phi) is 6.56. The maximum atomic E-state index is 6.03. The Morgan fingerprint density at radius 3 is 2.77 bits per heavy atom. The fourth-order valence-electron chi connectivity index (χ4n) is 2.09. The van der Waals surface area contributed by atoms with Crippen LogP contribution < -0.4 is 10.1 Å². The molecular weight excluding hydrogens is 298 g/mol. The van der Waals surface area contributed by atoms with Gasteiger partial charge in [0.2, 0.25) is 0 Å². The van der Waals surface area contributed by atoms with E-state index in [1.165, 1.54) is 5.56 Å². The third kappa shape index (κ3) is 5.24. The van der Waals surface area contributed by atoms with Gasteiger partial charge in [0.05, 0.1) is 6.61 Å². The number of aryl methyl sites for hydroxylation is 1. The van der Waals surface area contributed by atoms with Crippen LogP contribution in [-0.2, 0) is 11.3 Å². The summed E-state index contributed by atoms with van der Waals surface area (Å²) in [5.41, 5.74) is 3.39. The largest absolute Gasteiger partial charge is 0.491 e. The van der Waals surface area contributed by atoms with E-state index in [0.29, 0.717) is 19.8 Å². The third-order valence-corrected chi connectivity index (χ3v) is 3.52. The minimum atomic E-state index is 0.568. The molecule has 2 rings (SSSR count). The number of ether oxygens (including phenoxy) is 2. The molecule has 3 nitrogen and oxygen atoms in total. The zero-order chi connectivity index (χ0) is 15.8. The van der Waals surface area contributed by atoms with Crippen molar-refractivity contribution in [3.8, 4) is 5.75 Å². The molecule has 0 aromatic heterocycles. The molecule has 2 aromatic carbocycles. The number of rotatable bonds is 8. The molecule has 0 aliphatic carbocycles. The predicted molar refractivity (Wildman–Crippen MR) is 91.9 cm³/mol. The van der Waals surface area contributed by atoms with Gasteiger partial charge in [-0.05, 0) is 49.2 Å². The number of hydrogen-bond acceptors (Lipinski definition) is 3. The lowest BCUT2D eigenvalue weighted by molar-refractivity contribution is 0.110. The van der Waals surface area contributed by atoms with Gasteiger partial charge in [-0.3, -0.25) is 0 Å². The summed E-state index contributed by atoms with van der Waals surface area (Å²) in [5.74, 6) is 0.863. The van der Waals surface area contributed by atoms with Gasteiger partial charge >= 0.3 is 0 Å². The van der Waals surface area contributed by atoms with Crippen molar-refractivity contribution in [2.45, 2.75) is 20.4 Å². The van der Waals surface area contributed by atoms with Gasteiger partial charge in [0, 0.05) is 23.9 Å². The molecule has 0 radical (unpaired) electrons. The Labute approximate surface area is 137 Å². The van der Waals surface area contributed by atoms with Crippen molar-refractivity contribution in [3.05, 3.63) is 58.6 Å². The van der Waals surface area contributed by atoms with Gasteiger partial charge in [0.25, 0.3) is 0 Å². The number of halogens is 1. The Balaban J connectivity index is 1.91. The van der Waals surface area contributed by atoms with Gasteiger partial charge < -0.3 is 14.8 Å². The van der Waals surface area contributed by atoms with E-state index in [2.05, 4.69) is 18.3 Å². The second kappa shape index (κ2) is 8.66. The number of nitrogens with one attached hydrogen (secondary N) is 1. The molecule has 0 aliphatic rings. The summed E-state index contributed by atoms with van der Waals surface area (Å²) in [6.07, 6.45) is 0. The minimum Gasteiger partial charge on any atom is -0.491 e. The van der Waals surface area contributed by atoms with Gasteiger partial charge in [0.1, 0.15) is 12.4 Å². The highest BCUT2D eigenvalue weighted by atomic mass is 35.5. The molecule has 0 heterocycles. The predicted octanol–water partition coefficient (Wildman–Crippen LogP) is 4.68. The molecule has 4 heteroatoms. The summed E-state index contributed by atoms with van der Waals surface area (Å²) >= 11 is 6.03. The number of benzene rings is 2. The van der Waals surface area contributed by atoms with Crippen molar-refractivity contribution in [1.82, 2.24) is 0 Å². The maximum Gasteiger partial charge on any atom is 0.119 e. The van der Waals surface area contributed by atoms with E-state index >= 15 is 0 Å². The molecule has 0 bridgehead atoms. The normalized spacial score (nSPS) is 10.5. The van der Waals surface area contributed by atoms with Crippen LogP contribution in [0.4, 0.5) is 5.69 Å². The topological polar surface area (TPSA) is 30.5 Å². The fraction of sp³-hybridized carbons (Fsp3) is 0.333. The van der Waals surface area contributed by atoms with E-state index < -0.39 is 0 Å². The van der Waals surface area contributed by atoms with Crippen molar-refractivity contribution in [2.75, 3.05) is 25.1 Å². The third-order valence-electron chi connectivity index (χ3n) is 3.28. The van der Waals surface area contributed by atoms with E-state index in [-0.39, 0.29) is 0 Å². The average Bonchev–Trinajstić information content (AvgIpc) is 2.53. The Hall–Kier alpha value is -1.71. The van der Waals surface area contributed by atoms with E-state index in [1.54, 1.807) is 0 Å². The second-order valence-electron chi connectivity index (χ2n) is 5.01. The molecule has 2 aromatic rings. The fourth-order valence-corrected chi connectivity index (χ4v) is 2.26. The van der Waals surface area contributed by atoms with Gasteiger partial charge in [-0.2, -0.15) is 0 Å². The average molecular weight is 320 g/mol. The van der Waals surface area contributed by atoms with Gasteiger partial charge in [0.15, 0.2) is 0 Å². The molecule has 0 saturated carbocycles. The summed E-state index contributed by atoms with van der Waals surface area (Å²) in [6, 6.07) is 13.9. The zero-order valence-corrected chi connectivity index (χ0v) is 13.8. The Morgan fingerprint density at radius 1 is 1.09 bits per heavy atom. The zero-order valence-electron chi connectivity index (χ0n) is 13.1. The van der Waals surface area contributed by atoms with E-state index in [4.69, 9.17) is 21.1 Å². The van der Waals surface area contributed by atoms with Crippen molar-refractivity contribution in [2.24, 2.45) is 0 Å². The van der Waals surface area contributed by atoms with Crippen LogP contribution in [0.1, 0.15) is 18.1 Å². The lowest BCUT2D eigenvalue weighted by Crippen LogP contribution is -2.07. The smallest absolute Gasteiger partial charge is 0.119 e. The second-order valence-corrected chi connectivity index (χ2v) is 5.44. The van der Waals surface area contributed by atoms with Crippen LogP contribution in [0.15, 0.2) is 42.5 Å². The lowest BCUT2D eigenvalue weighted by atomic mass is 10.1. The van der Waals surface area contributed by atoms with E-state index in [1.807, 2.05) is 43.3 Å². The monoisotopic (exact) mass is 319 g/mol. The van der Waals surface area contributed by atoms with Crippen molar-refractivity contribution in [3.63, 3.8) is 0 Å². The van der Waals surface area contributed by atoms with Crippen LogP contribution in [0.3, 0.4) is 0 Å². The standard InChI is InChI=1S/C18H22ClNO2/c1-3-21-9-10-22-17-6-4-5-15(11-17)13-20-18-12-16(19)8-7-14(18)2/h4-8,11-12,20H,3,9-10,13H2,1-2H3. The molecule has 0 unspecified atom stereocenters. The molecule has 0 saturated heterocycles. The Bertz CT molecular complexity index is 601. The molecule has 0 aliphatic heterocycles. The van der Waals surface area contributed by atoms with E-state index in [0.717, 1.165) is 28.6 Å². The van der Waals surface area contributed by atoms with Crippen molar-refractivity contribution >= 4 is 17.3 Å². The van der Waals surface area contributed by atoms with Crippen LogP contribution in [0.5, 0.6) is 5.75 Å². The summed E-state index contributed by atoms with van der Waals surface area (Å²) in [5, 5.41) is 4.15. The maximum absolute atomic E-state index is 6.03. The van der Waals surface area contributed by atoms with Crippen molar-refractivity contribution in [1.29, 1.82) is 0 Å². The molecule has 1 N–H and O–H groups in total. The highest BCUT2D eigenvalue weighted by Gasteiger charge is 2.01. The number of hydrogen-bond donors (Lipinski definition) is 1. The molecule has 0 atom stereocenters. The first kappa shape index (κ1) is 16.7. The molecule has 22 heavy (non-hydrogen) atoms. The van der Waals surface area contributed by atoms with Crippen molar-refractivity contribution < 1.29 is 9.47 Å². The first-order chi connectivity index (χ1) is 10.7. The summed E-state index contributed by atoms with van der Waals surface area (Å²) in [6.45, 7) is 6.66. The highest BCUT2D eigenvalue weighted by molar-refractivity contribution is 6.30. The minimum absolute atomic E-state index is 0.568. The lowest BCUT2D eigenvalue weighted by Gasteiger charge is -2.11. The SMILES string of the molecule is CCOCCOc1cccc(CNc2cc(Cl)ccc2C)c1. The molecule has 118 valence electrons. The molecular formula is C18H22ClNO2. The summed E-state index contributed by atoms with van der Waals surface area (Å²) in [7, 11) is 0. The van der Waals surface area contributed by atoms with Gasteiger partial charge in [-0.25, -0.2) is 0 Å².